The Hall–Kier alpha value is -2.47. The second-order valence-corrected chi connectivity index (χ2v) is 6.15. The zero-order valence-corrected chi connectivity index (χ0v) is 14.4. The van der Waals surface area contributed by atoms with Crippen LogP contribution in [0, 0.1) is 0 Å². The van der Waals surface area contributed by atoms with Gasteiger partial charge in [-0.25, -0.2) is 0 Å². The number of thioether (sulfide) groups is 1. The minimum Gasteiger partial charge on any atom is -0.494 e. The first-order valence-electron chi connectivity index (χ1n) is 7.72. The van der Waals surface area contributed by atoms with Gasteiger partial charge >= 0.3 is 0 Å². The predicted molar refractivity (Wildman–Crippen MR) is 98.5 cm³/mol. The molecule has 0 aliphatic carbocycles. The summed E-state index contributed by atoms with van der Waals surface area (Å²) in [6.45, 7) is 4.99. The Morgan fingerprint density at radius 2 is 1.92 bits per heavy atom. The summed E-state index contributed by atoms with van der Waals surface area (Å²) in [6.07, 6.45) is 1.79. The van der Waals surface area contributed by atoms with E-state index in [1.165, 1.54) is 11.8 Å². The number of hydrogen-bond acceptors (Lipinski definition) is 5. The molecule has 0 atom stereocenters. The maximum Gasteiger partial charge on any atom is 0.286 e. The fourth-order valence-corrected chi connectivity index (χ4v) is 3.21. The molecular weight excluding hydrogens is 324 g/mol. The van der Waals surface area contributed by atoms with E-state index in [4.69, 9.17) is 15.2 Å². The van der Waals surface area contributed by atoms with Gasteiger partial charge in [0.25, 0.3) is 5.91 Å². The molecule has 2 aromatic carbocycles. The van der Waals surface area contributed by atoms with Gasteiger partial charge in [-0.1, -0.05) is 12.1 Å². The van der Waals surface area contributed by atoms with Crippen molar-refractivity contribution < 1.29 is 14.3 Å². The van der Waals surface area contributed by atoms with Gasteiger partial charge in [0.15, 0.2) is 5.17 Å². The van der Waals surface area contributed by atoms with Gasteiger partial charge in [0, 0.05) is 5.56 Å². The van der Waals surface area contributed by atoms with Crippen LogP contribution in [0.3, 0.4) is 0 Å². The van der Waals surface area contributed by atoms with E-state index >= 15 is 0 Å². The summed E-state index contributed by atoms with van der Waals surface area (Å²) in [5, 5.41) is 2.26. The van der Waals surface area contributed by atoms with E-state index in [0.29, 0.717) is 23.9 Å². The summed E-state index contributed by atoms with van der Waals surface area (Å²) in [7, 11) is 0. The van der Waals surface area contributed by atoms with Gasteiger partial charge in [0.2, 0.25) is 0 Å². The Balaban J connectivity index is 2.17. The van der Waals surface area contributed by atoms with Crippen LogP contribution < -0.4 is 15.2 Å². The topological polar surface area (TPSA) is 73.9 Å². The average molecular weight is 342 g/mol. The maximum atomic E-state index is 11.9. The minimum atomic E-state index is -0.321. The number of fused-ring (bicyclic) bond motifs is 1. The number of benzene rings is 2. The van der Waals surface area contributed by atoms with Crippen molar-refractivity contribution in [3.8, 4) is 11.5 Å². The molecule has 0 aromatic heterocycles. The number of rotatable bonds is 5. The molecule has 0 saturated heterocycles. The van der Waals surface area contributed by atoms with Crippen molar-refractivity contribution in [1.82, 2.24) is 0 Å². The van der Waals surface area contributed by atoms with E-state index < -0.39 is 0 Å². The average Bonchev–Trinajstić information content (AvgIpc) is 2.88. The minimum absolute atomic E-state index is 0.263. The van der Waals surface area contributed by atoms with Crippen molar-refractivity contribution in [2.24, 2.45) is 10.7 Å². The first-order valence-corrected chi connectivity index (χ1v) is 8.54. The summed E-state index contributed by atoms with van der Waals surface area (Å²) < 4.78 is 11.3. The van der Waals surface area contributed by atoms with Gasteiger partial charge in [-0.2, -0.15) is 4.99 Å². The molecular formula is C18H18N2O3S. The molecule has 0 spiro atoms. The van der Waals surface area contributed by atoms with Crippen molar-refractivity contribution in [1.29, 1.82) is 0 Å². The Morgan fingerprint density at radius 3 is 2.58 bits per heavy atom. The molecule has 2 N–H and O–H groups in total. The predicted octanol–water partition coefficient (Wildman–Crippen LogP) is 3.57. The summed E-state index contributed by atoms with van der Waals surface area (Å²) >= 11 is 1.17. The van der Waals surface area contributed by atoms with Crippen molar-refractivity contribution in [2.75, 3.05) is 13.2 Å². The highest BCUT2D eigenvalue weighted by Gasteiger charge is 2.21. The van der Waals surface area contributed by atoms with E-state index in [1.807, 2.05) is 44.2 Å². The Morgan fingerprint density at radius 1 is 1.17 bits per heavy atom. The molecule has 0 radical (unpaired) electrons. The number of nitrogens with two attached hydrogens (primary N) is 1. The number of nitrogens with zero attached hydrogens (tertiary/aromatic N) is 1. The van der Waals surface area contributed by atoms with Gasteiger partial charge in [0.05, 0.1) is 18.1 Å². The third kappa shape index (κ3) is 3.23. The standard InChI is InChI=1S/C18H18N2O3S/c1-3-22-12-7-5-11-6-8-15(23-4-2)14(13(11)9-12)10-16-17(21)20-18(19)24-16/h5-10H,3-4H2,1-2H3,(H2,19,20,21)/b16-10-. The first kappa shape index (κ1) is 16.4. The lowest BCUT2D eigenvalue weighted by Gasteiger charge is -2.12. The molecule has 1 heterocycles. The summed E-state index contributed by atoms with van der Waals surface area (Å²) in [5.41, 5.74) is 6.47. The zero-order chi connectivity index (χ0) is 17.1. The monoisotopic (exact) mass is 342 g/mol. The Labute approximate surface area is 144 Å². The van der Waals surface area contributed by atoms with Gasteiger partial charge in [-0.15, -0.1) is 0 Å². The van der Waals surface area contributed by atoms with Crippen LogP contribution in [0.15, 0.2) is 40.2 Å². The van der Waals surface area contributed by atoms with E-state index in [0.717, 1.165) is 22.1 Å². The molecule has 6 heteroatoms. The highest BCUT2D eigenvalue weighted by molar-refractivity contribution is 8.18. The van der Waals surface area contributed by atoms with Crippen molar-refractivity contribution in [3.05, 3.63) is 40.8 Å². The Kier molecular flexibility index (Phi) is 4.76. The molecule has 0 unspecified atom stereocenters. The third-order valence-corrected chi connectivity index (χ3v) is 4.33. The second kappa shape index (κ2) is 6.97. The SMILES string of the molecule is CCOc1ccc2ccc(OCC)c(/C=C3\SC(N)=NC3=O)c2c1. The number of carbonyl (C=O) groups excluding carboxylic acids is 1. The van der Waals surface area contributed by atoms with Gasteiger partial charge in [-0.3, -0.25) is 4.79 Å². The van der Waals surface area contributed by atoms with E-state index in [2.05, 4.69) is 4.99 Å². The molecule has 1 amide bonds. The molecule has 0 fully saturated rings. The lowest BCUT2D eigenvalue weighted by atomic mass is 10.0. The lowest BCUT2D eigenvalue weighted by Crippen LogP contribution is -2.01. The van der Waals surface area contributed by atoms with Crippen molar-refractivity contribution in [3.63, 3.8) is 0 Å². The van der Waals surface area contributed by atoms with Gasteiger partial charge in [-0.05, 0) is 60.7 Å². The smallest absolute Gasteiger partial charge is 0.286 e. The molecule has 5 nitrogen and oxygen atoms in total. The molecule has 124 valence electrons. The van der Waals surface area contributed by atoms with E-state index in [9.17, 15) is 4.79 Å². The van der Waals surface area contributed by atoms with Crippen LogP contribution in [0.25, 0.3) is 16.8 Å². The number of amidine groups is 1. The molecule has 0 bridgehead atoms. The molecule has 1 aliphatic heterocycles. The van der Waals surface area contributed by atoms with Crippen molar-refractivity contribution >= 4 is 39.7 Å². The third-order valence-electron chi connectivity index (χ3n) is 3.52. The van der Waals surface area contributed by atoms with Crippen molar-refractivity contribution in [2.45, 2.75) is 13.8 Å². The molecule has 0 saturated carbocycles. The number of hydrogen-bond donors (Lipinski definition) is 1. The highest BCUT2D eigenvalue weighted by atomic mass is 32.2. The summed E-state index contributed by atoms with van der Waals surface area (Å²) in [5.74, 6) is 1.17. The fraction of sp³-hybridized carbons (Fsp3) is 0.222. The molecule has 2 aromatic rings. The zero-order valence-electron chi connectivity index (χ0n) is 13.5. The van der Waals surface area contributed by atoms with Crippen LogP contribution in [-0.4, -0.2) is 24.3 Å². The van der Waals surface area contributed by atoms with Crippen LogP contribution in [-0.2, 0) is 4.79 Å². The molecule has 1 aliphatic rings. The number of aliphatic imine (C=N–C) groups is 1. The summed E-state index contributed by atoms with van der Waals surface area (Å²) in [4.78, 5) is 16.2. The normalized spacial score (nSPS) is 15.8. The fourth-order valence-electron chi connectivity index (χ4n) is 2.55. The largest absolute Gasteiger partial charge is 0.494 e. The van der Waals surface area contributed by atoms with Crippen LogP contribution >= 0.6 is 11.8 Å². The van der Waals surface area contributed by atoms with Gasteiger partial charge < -0.3 is 15.2 Å². The highest BCUT2D eigenvalue weighted by Crippen LogP contribution is 2.35. The number of amides is 1. The second-order valence-electron chi connectivity index (χ2n) is 5.09. The maximum absolute atomic E-state index is 11.9. The van der Waals surface area contributed by atoms with E-state index in [-0.39, 0.29) is 11.1 Å². The van der Waals surface area contributed by atoms with Gasteiger partial charge in [0.1, 0.15) is 11.5 Å². The number of carbonyl (C=O) groups is 1. The quantitative estimate of drug-likeness (QED) is 0.841. The molecule has 3 rings (SSSR count). The lowest BCUT2D eigenvalue weighted by molar-refractivity contribution is -0.113. The van der Waals surface area contributed by atoms with Crippen LogP contribution in [0.1, 0.15) is 19.4 Å². The molecule has 24 heavy (non-hydrogen) atoms. The Bertz CT molecular complexity index is 853. The van der Waals surface area contributed by atoms with Crippen LogP contribution in [0.5, 0.6) is 11.5 Å². The van der Waals surface area contributed by atoms with Crippen LogP contribution in [0.4, 0.5) is 0 Å². The van der Waals surface area contributed by atoms with E-state index in [1.54, 1.807) is 6.08 Å². The number of ether oxygens (including phenoxy) is 2. The van der Waals surface area contributed by atoms with Crippen LogP contribution in [0.2, 0.25) is 0 Å². The first-order chi connectivity index (χ1) is 11.6. The summed E-state index contributed by atoms with van der Waals surface area (Å²) in [6, 6.07) is 9.79.